The first kappa shape index (κ1) is 24.9. The van der Waals surface area contributed by atoms with E-state index < -0.39 is 57.7 Å². The van der Waals surface area contributed by atoms with Gasteiger partial charge < -0.3 is 4.74 Å². The lowest BCUT2D eigenvalue weighted by Gasteiger charge is -2.21. The number of nitriles is 1. The van der Waals surface area contributed by atoms with E-state index in [1.165, 1.54) is 26.8 Å². The summed E-state index contributed by atoms with van der Waals surface area (Å²) in [5.74, 6) is -4.98. The van der Waals surface area contributed by atoms with Crippen LogP contribution in [-0.4, -0.2) is 11.6 Å². The first-order valence-electron chi connectivity index (χ1n) is 9.10. The Kier molecular flexibility index (Phi) is 6.73. The Morgan fingerprint density at radius 1 is 0.906 bits per heavy atom. The zero-order valence-electron chi connectivity index (χ0n) is 17.1. The quantitative estimate of drug-likeness (QED) is 0.294. The largest absolute Gasteiger partial charge is 0.457 e. The molecule has 0 saturated carbocycles. The SMILES string of the molecule is CC(C)(C)C(=O)C(C#N)C(=O)c1ccc(Oc2cccc(C(F)(F)F)c2)cc1C(F)(F)F. The number of ketones is 2. The van der Waals surface area contributed by atoms with Gasteiger partial charge in [0.05, 0.1) is 17.2 Å². The molecule has 2 aromatic rings. The molecule has 32 heavy (non-hydrogen) atoms. The van der Waals surface area contributed by atoms with Gasteiger partial charge in [0, 0.05) is 11.0 Å². The van der Waals surface area contributed by atoms with Crippen molar-refractivity contribution in [3.63, 3.8) is 0 Å². The fourth-order valence-electron chi connectivity index (χ4n) is 2.73. The molecule has 0 fully saturated rings. The van der Waals surface area contributed by atoms with Gasteiger partial charge in [0.2, 0.25) is 0 Å². The Labute approximate surface area is 179 Å². The highest BCUT2D eigenvalue weighted by Crippen LogP contribution is 2.38. The summed E-state index contributed by atoms with van der Waals surface area (Å²) in [7, 11) is 0. The summed E-state index contributed by atoms with van der Waals surface area (Å²) in [4.78, 5) is 25.0. The molecule has 1 unspecified atom stereocenters. The molecule has 1 atom stereocenters. The molecular formula is C22H17F6NO3. The Morgan fingerprint density at radius 2 is 1.50 bits per heavy atom. The number of hydrogen-bond donors (Lipinski definition) is 0. The van der Waals surface area contributed by atoms with Gasteiger partial charge in [-0.3, -0.25) is 9.59 Å². The second-order valence-electron chi connectivity index (χ2n) is 7.87. The van der Waals surface area contributed by atoms with Crippen LogP contribution in [0.3, 0.4) is 0 Å². The first-order chi connectivity index (χ1) is 14.6. The molecule has 0 amide bonds. The van der Waals surface area contributed by atoms with Gasteiger partial charge in [-0.25, -0.2) is 0 Å². The average Bonchev–Trinajstić information content (AvgIpc) is 2.66. The predicted octanol–water partition coefficient (Wildman–Crippen LogP) is 6.45. The Morgan fingerprint density at radius 3 is 2.00 bits per heavy atom. The van der Waals surface area contributed by atoms with Crippen molar-refractivity contribution < 1.29 is 40.7 Å². The minimum absolute atomic E-state index is 0.371. The van der Waals surface area contributed by atoms with Gasteiger partial charge in [-0.05, 0) is 36.4 Å². The van der Waals surface area contributed by atoms with Crippen molar-refractivity contribution in [2.45, 2.75) is 33.1 Å². The van der Waals surface area contributed by atoms with Crippen molar-refractivity contribution in [1.82, 2.24) is 0 Å². The molecule has 0 bridgehead atoms. The van der Waals surface area contributed by atoms with Crippen molar-refractivity contribution in [3.8, 4) is 17.6 Å². The maximum absolute atomic E-state index is 13.6. The summed E-state index contributed by atoms with van der Waals surface area (Å²) in [5, 5.41) is 9.24. The van der Waals surface area contributed by atoms with Crippen molar-refractivity contribution in [2.24, 2.45) is 11.3 Å². The van der Waals surface area contributed by atoms with Crippen LogP contribution in [-0.2, 0) is 17.1 Å². The molecule has 170 valence electrons. The van der Waals surface area contributed by atoms with E-state index in [4.69, 9.17) is 4.74 Å². The molecular weight excluding hydrogens is 440 g/mol. The molecule has 0 N–H and O–H groups in total. The number of alkyl halides is 6. The number of benzene rings is 2. The smallest absolute Gasteiger partial charge is 0.417 e. The molecule has 0 aromatic heterocycles. The minimum atomic E-state index is -5.07. The highest BCUT2D eigenvalue weighted by molar-refractivity contribution is 6.14. The molecule has 2 aromatic carbocycles. The lowest BCUT2D eigenvalue weighted by atomic mass is 9.80. The second kappa shape index (κ2) is 8.65. The standard InChI is InChI=1S/C22H17F6NO3/c1-20(2,3)19(31)16(11-29)18(30)15-8-7-14(10-17(15)22(26,27)28)32-13-6-4-5-12(9-13)21(23,24)25/h4-10,16H,1-3H3. The Balaban J connectivity index is 2.48. The Hall–Kier alpha value is -3.35. The van der Waals surface area contributed by atoms with Crippen LogP contribution < -0.4 is 4.74 Å². The molecule has 2 rings (SSSR count). The molecule has 4 nitrogen and oxygen atoms in total. The van der Waals surface area contributed by atoms with E-state index in [0.717, 1.165) is 30.3 Å². The summed E-state index contributed by atoms with van der Waals surface area (Å²) in [5.41, 5.74) is -4.61. The fourth-order valence-corrected chi connectivity index (χ4v) is 2.73. The van der Waals surface area contributed by atoms with Crippen molar-refractivity contribution in [2.75, 3.05) is 0 Å². The molecule has 0 aliphatic heterocycles. The molecule has 0 spiro atoms. The van der Waals surface area contributed by atoms with E-state index in [9.17, 15) is 41.2 Å². The molecule has 0 saturated heterocycles. The third kappa shape index (κ3) is 5.66. The van der Waals surface area contributed by atoms with E-state index in [2.05, 4.69) is 0 Å². The minimum Gasteiger partial charge on any atom is -0.457 e. The van der Waals surface area contributed by atoms with Gasteiger partial charge in [-0.15, -0.1) is 0 Å². The number of halogens is 6. The van der Waals surface area contributed by atoms with Crippen molar-refractivity contribution in [1.29, 1.82) is 5.26 Å². The van der Waals surface area contributed by atoms with Crippen LogP contribution in [0.1, 0.15) is 42.3 Å². The topological polar surface area (TPSA) is 67.2 Å². The zero-order valence-corrected chi connectivity index (χ0v) is 17.1. The summed E-state index contributed by atoms with van der Waals surface area (Å²) >= 11 is 0. The summed E-state index contributed by atoms with van der Waals surface area (Å²) < 4.78 is 84.5. The molecule has 0 aliphatic carbocycles. The number of Topliss-reactive ketones (excluding diaryl/α,β-unsaturated/α-hetero) is 2. The predicted molar refractivity (Wildman–Crippen MR) is 101 cm³/mol. The van der Waals surface area contributed by atoms with Crippen LogP contribution >= 0.6 is 0 Å². The summed E-state index contributed by atoms with van der Waals surface area (Å²) in [6, 6.07) is 7.09. The molecule has 10 heteroatoms. The monoisotopic (exact) mass is 457 g/mol. The van der Waals surface area contributed by atoms with E-state index in [0.29, 0.717) is 12.1 Å². The van der Waals surface area contributed by atoms with Crippen LogP contribution in [0, 0.1) is 22.7 Å². The third-order valence-corrected chi connectivity index (χ3v) is 4.35. The van der Waals surface area contributed by atoms with Crippen LogP contribution in [0.4, 0.5) is 26.3 Å². The normalized spacial score (nSPS) is 13.2. The number of hydrogen-bond acceptors (Lipinski definition) is 4. The summed E-state index contributed by atoms with van der Waals surface area (Å²) in [6.45, 7) is 4.26. The second-order valence-corrected chi connectivity index (χ2v) is 7.87. The van der Waals surface area contributed by atoms with Crippen molar-refractivity contribution >= 4 is 11.6 Å². The number of carbonyl (C=O) groups is 2. The van der Waals surface area contributed by atoms with E-state index >= 15 is 0 Å². The average molecular weight is 457 g/mol. The highest BCUT2D eigenvalue weighted by atomic mass is 19.4. The van der Waals surface area contributed by atoms with Gasteiger partial charge in [-0.1, -0.05) is 26.8 Å². The molecule has 0 aliphatic rings. The van der Waals surface area contributed by atoms with Crippen LogP contribution in [0.2, 0.25) is 0 Å². The number of rotatable bonds is 5. The van der Waals surface area contributed by atoms with Crippen molar-refractivity contribution in [3.05, 3.63) is 59.2 Å². The molecule has 0 heterocycles. The maximum atomic E-state index is 13.6. The third-order valence-electron chi connectivity index (χ3n) is 4.35. The van der Waals surface area contributed by atoms with Gasteiger partial charge in [0.25, 0.3) is 0 Å². The lowest BCUT2D eigenvalue weighted by Crippen LogP contribution is -2.33. The van der Waals surface area contributed by atoms with Gasteiger partial charge in [0.15, 0.2) is 17.5 Å². The van der Waals surface area contributed by atoms with E-state index in [1.807, 2.05) is 0 Å². The van der Waals surface area contributed by atoms with Crippen LogP contribution in [0.15, 0.2) is 42.5 Å². The maximum Gasteiger partial charge on any atom is 0.417 e. The lowest BCUT2D eigenvalue weighted by molar-refractivity contribution is -0.138. The fraction of sp³-hybridized carbons (Fsp3) is 0.318. The van der Waals surface area contributed by atoms with Crippen LogP contribution in [0.5, 0.6) is 11.5 Å². The van der Waals surface area contributed by atoms with E-state index in [1.54, 1.807) is 0 Å². The van der Waals surface area contributed by atoms with Gasteiger partial charge in [0.1, 0.15) is 11.5 Å². The Bertz CT molecular complexity index is 1070. The number of ether oxygens (including phenoxy) is 1. The van der Waals surface area contributed by atoms with E-state index in [-0.39, 0.29) is 5.75 Å². The van der Waals surface area contributed by atoms with Gasteiger partial charge >= 0.3 is 12.4 Å². The molecule has 0 radical (unpaired) electrons. The first-order valence-corrected chi connectivity index (χ1v) is 9.10. The number of carbonyl (C=O) groups excluding carboxylic acids is 2. The zero-order chi connectivity index (χ0) is 24.5. The summed E-state index contributed by atoms with van der Waals surface area (Å²) in [6.07, 6.45) is -9.75. The van der Waals surface area contributed by atoms with Gasteiger partial charge in [-0.2, -0.15) is 31.6 Å². The van der Waals surface area contributed by atoms with Crippen LogP contribution in [0.25, 0.3) is 0 Å². The number of nitrogens with zero attached hydrogens (tertiary/aromatic N) is 1. The highest BCUT2D eigenvalue weighted by Gasteiger charge is 2.41.